The molecule has 56 valence electrons. The molecular formula is C9H10N2. The van der Waals surface area contributed by atoms with Gasteiger partial charge in [0, 0.05) is 0 Å². The molecule has 2 heteroatoms. The molecule has 0 saturated heterocycles. The van der Waals surface area contributed by atoms with E-state index in [1.165, 1.54) is 0 Å². The third-order valence-corrected chi connectivity index (χ3v) is 1.29. The van der Waals surface area contributed by atoms with E-state index in [4.69, 9.17) is 10.5 Å². The van der Waals surface area contributed by atoms with Crippen molar-refractivity contribution in [3.8, 4) is 12.1 Å². The second kappa shape index (κ2) is 5.26. The first kappa shape index (κ1) is 9.46. The van der Waals surface area contributed by atoms with E-state index in [-0.39, 0.29) is 5.57 Å². The van der Waals surface area contributed by atoms with Crippen molar-refractivity contribution in [2.24, 2.45) is 0 Å². The summed E-state index contributed by atoms with van der Waals surface area (Å²) >= 11 is 0. The summed E-state index contributed by atoms with van der Waals surface area (Å²) in [6, 6.07) is 3.71. The highest BCUT2D eigenvalue weighted by atomic mass is 14.3. The predicted molar refractivity (Wildman–Crippen MR) is 43.4 cm³/mol. The fourth-order valence-corrected chi connectivity index (χ4v) is 0.748. The molecule has 0 radical (unpaired) electrons. The minimum atomic E-state index is 0.214. The molecule has 0 bridgehead atoms. The van der Waals surface area contributed by atoms with E-state index in [1.54, 1.807) is 6.08 Å². The maximum absolute atomic E-state index is 8.49. The molecule has 0 aliphatic heterocycles. The van der Waals surface area contributed by atoms with Gasteiger partial charge in [-0.15, -0.1) is 0 Å². The highest BCUT2D eigenvalue weighted by Crippen LogP contribution is 2.08. The summed E-state index contributed by atoms with van der Waals surface area (Å²) in [7, 11) is 0. The van der Waals surface area contributed by atoms with Crippen molar-refractivity contribution in [1.82, 2.24) is 0 Å². The number of hydrogen-bond acceptors (Lipinski definition) is 2. The largest absolute Gasteiger partial charge is 0.192 e. The van der Waals surface area contributed by atoms with Crippen LogP contribution in [0.15, 0.2) is 23.3 Å². The van der Waals surface area contributed by atoms with Crippen molar-refractivity contribution in [3.05, 3.63) is 23.3 Å². The molecule has 11 heavy (non-hydrogen) atoms. The average Bonchev–Trinajstić information content (AvgIpc) is 2.05. The molecule has 0 aliphatic carbocycles. The molecule has 0 aliphatic rings. The van der Waals surface area contributed by atoms with Gasteiger partial charge in [0.2, 0.25) is 0 Å². The van der Waals surface area contributed by atoms with Crippen molar-refractivity contribution in [3.63, 3.8) is 0 Å². The third-order valence-electron chi connectivity index (χ3n) is 1.29. The quantitative estimate of drug-likeness (QED) is 0.443. The topological polar surface area (TPSA) is 47.6 Å². The first-order valence-electron chi connectivity index (χ1n) is 3.46. The normalized spacial score (nSPS) is 8.73. The van der Waals surface area contributed by atoms with Crippen molar-refractivity contribution in [1.29, 1.82) is 10.5 Å². The second-order valence-electron chi connectivity index (χ2n) is 1.98. The van der Waals surface area contributed by atoms with E-state index in [2.05, 4.69) is 0 Å². The Kier molecular flexibility index (Phi) is 4.52. The standard InChI is InChI=1S/C9H10N2/c1-3-5-8(4-2)9(6-10)7-11/h3,5H,4H2,1-2H3/b5-3+. The first-order valence-corrected chi connectivity index (χ1v) is 3.46. The van der Waals surface area contributed by atoms with Gasteiger partial charge in [-0.25, -0.2) is 0 Å². The van der Waals surface area contributed by atoms with Crippen LogP contribution in [0.1, 0.15) is 20.3 Å². The highest BCUT2D eigenvalue weighted by Gasteiger charge is 1.98. The van der Waals surface area contributed by atoms with Crippen molar-refractivity contribution in [2.75, 3.05) is 0 Å². The van der Waals surface area contributed by atoms with Crippen LogP contribution in [0.4, 0.5) is 0 Å². The van der Waals surface area contributed by atoms with Crippen LogP contribution < -0.4 is 0 Å². The lowest BCUT2D eigenvalue weighted by atomic mass is 10.1. The van der Waals surface area contributed by atoms with Crippen LogP contribution in [0.2, 0.25) is 0 Å². The van der Waals surface area contributed by atoms with Gasteiger partial charge in [-0.05, 0) is 18.9 Å². The molecule has 0 aromatic carbocycles. The lowest BCUT2D eigenvalue weighted by Gasteiger charge is -1.93. The smallest absolute Gasteiger partial charge is 0.132 e. The Morgan fingerprint density at radius 3 is 2.18 bits per heavy atom. The summed E-state index contributed by atoms with van der Waals surface area (Å²) in [5.74, 6) is 0. The molecule has 0 fully saturated rings. The maximum atomic E-state index is 8.49. The Morgan fingerprint density at radius 2 is 1.91 bits per heavy atom. The summed E-state index contributed by atoms with van der Waals surface area (Å²) < 4.78 is 0. The average molecular weight is 146 g/mol. The predicted octanol–water partition coefficient (Wildman–Crippen LogP) is 2.32. The van der Waals surface area contributed by atoms with Crippen molar-refractivity contribution < 1.29 is 0 Å². The molecule has 0 heterocycles. The lowest BCUT2D eigenvalue weighted by Crippen LogP contribution is -1.82. The van der Waals surface area contributed by atoms with Gasteiger partial charge >= 0.3 is 0 Å². The first-order chi connectivity index (χ1) is 5.29. The van der Waals surface area contributed by atoms with E-state index < -0.39 is 0 Å². The van der Waals surface area contributed by atoms with Gasteiger partial charge in [0.05, 0.1) is 0 Å². The molecule has 0 saturated carbocycles. The van der Waals surface area contributed by atoms with Gasteiger partial charge in [0.1, 0.15) is 17.7 Å². The fraction of sp³-hybridized carbons (Fsp3) is 0.333. The summed E-state index contributed by atoms with van der Waals surface area (Å²) in [6.07, 6.45) is 4.34. The zero-order valence-corrected chi connectivity index (χ0v) is 6.76. The maximum Gasteiger partial charge on any atom is 0.132 e. The third kappa shape index (κ3) is 2.69. The van der Waals surface area contributed by atoms with Gasteiger partial charge in [-0.2, -0.15) is 10.5 Å². The zero-order valence-electron chi connectivity index (χ0n) is 6.76. The lowest BCUT2D eigenvalue weighted by molar-refractivity contribution is 1.13. The summed E-state index contributed by atoms with van der Waals surface area (Å²) in [6.45, 7) is 3.78. The minimum absolute atomic E-state index is 0.214. The second-order valence-corrected chi connectivity index (χ2v) is 1.98. The van der Waals surface area contributed by atoms with Crippen LogP contribution >= 0.6 is 0 Å². The van der Waals surface area contributed by atoms with Crippen LogP contribution in [0.25, 0.3) is 0 Å². The van der Waals surface area contributed by atoms with E-state index in [9.17, 15) is 0 Å². The molecule has 0 spiro atoms. The monoisotopic (exact) mass is 146 g/mol. The summed E-state index contributed by atoms with van der Waals surface area (Å²) in [4.78, 5) is 0. The van der Waals surface area contributed by atoms with E-state index in [0.29, 0.717) is 0 Å². The van der Waals surface area contributed by atoms with Gasteiger partial charge in [0.15, 0.2) is 0 Å². The Bertz CT molecular complexity index is 242. The van der Waals surface area contributed by atoms with Crippen LogP contribution in [0.3, 0.4) is 0 Å². The Hall–Kier alpha value is -1.54. The van der Waals surface area contributed by atoms with Crippen molar-refractivity contribution in [2.45, 2.75) is 20.3 Å². The zero-order chi connectivity index (χ0) is 8.69. The number of nitrogens with zero attached hydrogens (tertiary/aromatic N) is 2. The molecule has 2 nitrogen and oxygen atoms in total. The molecule has 0 unspecified atom stereocenters. The van der Waals surface area contributed by atoms with Crippen LogP contribution in [0, 0.1) is 22.7 Å². The van der Waals surface area contributed by atoms with Gasteiger partial charge in [-0.1, -0.05) is 19.1 Å². The van der Waals surface area contributed by atoms with Crippen molar-refractivity contribution >= 4 is 0 Å². The summed E-state index contributed by atoms with van der Waals surface area (Å²) in [5.41, 5.74) is 1.02. The van der Waals surface area contributed by atoms with Crippen LogP contribution in [-0.2, 0) is 0 Å². The van der Waals surface area contributed by atoms with E-state index >= 15 is 0 Å². The number of allylic oxidation sites excluding steroid dienone is 4. The SMILES string of the molecule is C/C=C/C(CC)=C(C#N)C#N. The Morgan fingerprint density at radius 1 is 1.36 bits per heavy atom. The molecule has 0 amide bonds. The van der Waals surface area contributed by atoms with Crippen LogP contribution in [0.5, 0.6) is 0 Å². The number of hydrogen-bond donors (Lipinski definition) is 0. The van der Waals surface area contributed by atoms with Crippen LogP contribution in [-0.4, -0.2) is 0 Å². The molecule has 0 aromatic heterocycles. The molecule has 0 atom stereocenters. The van der Waals surface area contributed by atoms with E-state index in [1.807, 2.05) is 32.1 Å². The van der Waals surface area contributed by atoms with Gasteiger partial charge in [-0.3, -0.25) is 0 Å². The molecule has 0 N–H and O–H groups in total. The summed E-state index contributed by atoms with van der Waals surface area (Å²) in [5, 5.41) is 17.0. The molecular weight excluding hydrogens is 136 g/mol. The Labute approximate surface area is 67.1 Å². The minimum Gasteiger partial charge on any atom is -0.192 e. The highest BCUT2D eigenvalue weighted by molar-refractivity contribution is 5.44. The van der Waals surface area contributed by atoms with Gasteiger partial charge < -0.3 is 0 Å². The van der Waals surface area contributed by atoms with E-state index in [0.717, 1.165) is 12.0 Å². The number of nitriles is 2. The molecule has 0 aromatic rings. The van der Waals surface area contributed by atoms with Gasteiger partial charge in [0.25, 0.3) is 0 Å². The molecule has 0 rings (SSSR count). The Balaban J connectivity index is 4.85. The number of rotatable bonds is 2. The fourth-order valence-electron chi connectivity index (χ4n) is 0.748.